The van der Waals surface area contributed by atoms with Gasteiger partial charge in [-0.3, -0.25) is 4.79 Å². The van der Waals surface area contributed by atoms with Crippen LogP contribution in [0.2, 0.25) is 0 Å². The molecule has 0 aliphatic carbocycles. The van der Waals surface area contributed by atoms with Crippen LogP contribution in [0, 0.1) is 18.3 Å². The number of benzene rings is 1. The average Bonchev–Trinajstić information content (AvgIpc) is 2.93. The third-order valence-electron chi connectivity index (χ3n) is 3.39. The Morgan fingerprint density at radius 2 is 1.96 bits per heavy atom. The Morgan fingerprint density at radius 3 is 2.54 bits per heavy atom. The van der Waals surface area contributed by atoms with Crippen LogP contribution in [0.5, 0.6) is 0 Å². The molecule has 0 atom stereocenters. The van der Waals surface area contributed by atoms with Gasteiger partial charge in [-0.05, 0) is 32.0 Å². The Kier molecular flexibility index (Phi) is 6.11. The minimum absolute atomic E-state index is 0.131. The van der Waals surface area contributed by atoms with Gasteiger partial charge >= 0.3 is 0 Å². The van der Waals surface area contributed by atoms with Crippen molar-refractivity contribution in [2.75, 3.05) is 23.4 Å². The zero-order valence-electron chi connectivity index (χ0n) is 14.4. The number of nitrogens with zero attached hydrogens (tertiary/aromatic N) is 2. The third kappa shape index (κ3) is 4.08. The molecule has 134 valence electrons. The molecule has 0 aliphatic heterocycles. The smallest absolute Gasteiger partial charge is 0.267 e. The molecule has 0 fully saturated rings. The summed E-state index contributed by atoms with van der Waals surface area (Å²) in [6, 6.07) is 11.0. The van der Waals surface area contributed by atoms with Crippen molar-refractivity contribution in [1.29, 1.82) is 5.26 Å². The van der Waals surface area contributed by atoms with E-state index in [-0.39, 0.29) is 23.9 Å². The van der Waals surface area contributed by atoms with Gasteiger partial charge in [0.1, 0.15) is 21.6 Å². The van der Waals surface area contributed by atoms with Gasteiger partial charge in [0, 0.05) is 17.7 Å². The second kappa shape index (κ2) is 8.29. The Balaban J connectivity index is 0.000000758. The van der Waals surface area contributed by atoms with Crippen molar-refractivity contribution in [2.45, 2.75) is 13.8 Å². The number of carbonyl (C=O) groups is 1. The molecule has 3 rings (SSSR count). The predicted molar refractivity (Wildman–Crippen MR) is 105 cm³/mol. The van der Waals surface area contributed by atoms with E-state index in [1.165, 1.54) is 0 Å². The maximum absolute atomic E-state index is 12.4. The summed E-state index contributed by atoms with van der Waals surface area (Å²) in [6.07, 6.45) is 0. The second-order valence-electron chi connectivity index (χ2n) is 5.37. The van der Waals surface area contributed by atoms with Crippen molar-refractivity contribution in [2.24, 2.45) is 0 Å². The molecular weight excluding hydrogens is 350 g/mol. The number of hydrogen-bond acceptors (Lipinski definition) is 7. The van der Waals surface area contributed by atoms with Crippen molar-refractivity contribution in [3.63, 3.8) is 0 Å². The van der Waals surface area contributed by atoms with Gasteiger partial charge in [-0.2, -0.15) is 5.26 Å². The number of pyridine rings is 1. The van der Waals surface area contributed by atoms with Crippen molar-refractivity contribution >= 4 is 44.7 Å². The number of aliphatic hydroxyl groups is 1. The summed E-state index contributed by atoms with van der Waals surface area (Å²) in [6.45, 7) is 3.90. The number of thiophene rings is 1. The number of anilines is 3. The van der Waals surface area contributed by atoms with E-state index in [1.807, 2.05) is 37.3 Å². The largest absolute Gasteiger partial charge is 0.397 e. The van der Waals surface area contributed by atoms with Gasteiger partial charge in [-0.25, -0.2) is 4.98 Å². The van der Waals surface area contributed by atoms with Crippen molar-refractivity contribution in [3.8, 4) is 6.07 Å². The molecule has 0 aliphatic rings. The highest BCUT2D eigenvalue weighted by Crippen LogP contribution is 2.34. The van der Waals surface area contributed by atoms with E-state index in [0.717, 1.165) is 16.9 Å². The lowest BCUT2D eigenvalue weighted by molar-refractivity contribution is 0.103. The lowest BCUT2D eigenvalue weighted by Gasteiger charge is -2.04. The Labute approximate surface area is 154 Å². The van der Waals surface area contributed by atoms with Crippen LogP contribution in [0.1, 0.15) is 27.7 Å². The predicted octanol–water partition coefficient (Wildman–Crippen LogP) is 2.89. The summed E-state index contributed by atoms with van der Waals surface area (Å²) in [7, 11) is 0. The first-order valence-electron chi connectivity index (χ1n) is 7.78. The highest BCUT2D eigenvalue weighted by molar-refractivity contribution is 7.21. The highest BCUT2D eigenvalue weighted by Gasteiger charge is 2.19. The van der Waals surface area contributed by atoms with Crippen LogP contribution in [-0.2, 0) is 0 Å². The number of amides is 1. The number of aryl methyl sites for hydroxylation is 1. The molecule has 1 aromatic carbocycles. The molecule has 0 unspecified atom stereocenters. The number of nitrogens with one attached hydrogen (secondary N) is 1. The molecule has 26 heavy (non-hydrogen) atoms. The van der Waals surface area contributed by atoms with E-state index in [2.05, 4.69) is 10.3 Å². The van der Waals surface area contributed by atoms with Gasteiger partial charge < -0.3 is 21.9 Å². The Hall–Kier alpha value is -3.15. The SMILES string of the molecule is CCO.Cc1ccc(NC(=O)c2sc3nc(N)c(C#N)cc3c2N)cc1. The van der Waals surface area contributed by atoms with E-state index in [1.54, 1.807) is 13.0 Å². The van der Waals surface area contributed by atoms with Gasteiger partial charge in [0.15, 0.2) is 0 Å². The van der Waals surface area contributed by atoms with Crippen LogP contribution >= 0.6 is 11.3 Å². The molecule has 0 radical (unpaired) electrons. The third-order valence-corrected chi connectivity index (χ3v) is 4.50. The van der Waals surface area contributed by atoms with E-state index in [0.29, 0.717) is 26.5 Å². The van der Waals surface area contributed by atoms with Crippen LogP contribution < -0.4 is 16.8 Å². The molecule has 7 nitrogen and oxygen atoms in total. The van der Waals surface area contributed by atoms with Gasteiger partial charge in [0.25, 0.3) is 5.91 Å². The molecule has 2 aromatic heterocycles. The number of rotatable bonds is 2. The van der Waals surface area contributed by atoms with Crippen molar-refractivity contribution in [1.82, 2.24) is 4.98 Å². The molecule has 6 N–H and O–H groups in total. The van der Waals surface area contributed by atoms with Crippen LogP contribution in [0.4, 0.5) is 17.2 Å². The zero-order valence-corrected chi connectivity index (χ0v) is 15.2. The fourth-order valence-corrected chi connectivity index (χ4v) is 3.12. The zero-order chi connectivity index (χ0) is 19.3. The average molecular weight is 369 g/mol. The summed E-state index contributed by atoms with van der Waals surface area (Å²) < 4.78 is 0. The molecule has 3 aromatic rings. The number of carbonyl (C=O) groups excluding carboxylic acids is 1. The van der Waals surface area contributed by atoms with Crippen molar-refractivity contribution < 1.29 is 9.90 Å². The molecule has 2 heterocycles. The minimum Gasteiger partial charge on any atom is -0.397 e. The van der Waals surface area contributed by atoms with Gasteiger partial charge in [-0.1, -0.05) is 17.7 Å². The molecule has 0 saturated carbocycles. The standard InChI is InChI=1S/C16H13N5OS.C2H6O/c1-8-2-4-10(5-3-8)20-15(22)13-12(18)11-6-9(7-17)14(19)21-16(11)23-13;1-2-3/h2-6H,18H2,1H3,(H2,19,21)(H,20,22);3H,2H2,1H3. The first-order valence-corrected chi connectivity index (χ1v) is 8.60. The van der Waals surface area contributed by atoms with E-state index >= 15 is 0 Å². The van der Waals surface area contributed by atoms with E-state index < -0.39 is 0 Å². The quantitative estimate of drug-likeness (QED) is 0.548. The summed E-state index contributed by atoms with van der Waals surface area (Å²) >= 11 is 1.15. The van der Waals surface area contributed by atoms with Gasteiger partial charge in [0.05, 0.1) is 11.3 Å². The number of aromatic nitrogens is 1. The first-order chi connectivity index (χ1) is 12.4. The number of fused-ring (bicyclic) bond motifs is 1. The lowest BCUT2D eigenvalue weighted by atomic mass is 10.2. The topological polar surface area (TPSA) is 138 Å². The number of aliphatic hydroxyl groups excluding tert-OH is 1. The van der Waals surface area contributed by atoms with E-state index in [9.17, 15) is 4.79 Å². The number of hydrogen-bond donors (Lipinski definition) is 4. The summed E-state index contributed by atoms with van der Waals surface area (Å²) in [5.41, 5.74) is 14.1. The fraction of sp³-hybridized carbons (Fsp3) is 0.167. The number of nitrogens with two attached hydrogens (primary N) is 2. The Bertz CT molecular complexity index is 974. The fourth-order valence-electron chi connectivity index (χ4n) is 2.14. The molecule has 0 saturated heterocycles. The molecule has 1 amide bonds. The molecule has 0 spiro atoms. The van der Waals surface area contributed by atoms with Crippen LogP contribution in [0.15, 0.2) is 30.3 Å². The number of nitriles is 1. The molecule has 0 bridgehead atoms. The van der Waals surface area contributed by atoms with Gasteiger partial charge in [-0.15, -0.1) is 11.3 Å². The lowest BCUT2D eigenvalue weighted by Crippen LogP contribution is -2.11. The van der Waals surface area contributed by atoms with Crippen LogP contribution in [-0.4, -0.2) is 22.6 Å². The summed E-state index contributed by atoms with van der Waals surface area (Å²) in [4.78, 5) is 17.5. The van der Waals surface area contributed by atoms with Crippen LogP contribution in [0.25, 0.3) is 10.2 Å². The minimum atomic E-state index is -0.313. The van der Waals surface area contributed by atoms with Gasteiger partial charge in [0.2, 0.25) is 0 Å². The summed E-state index contributed by atoms with van der Waals surface area (Å²) in [5, 5.41) is 19.9. The second-order valence-corrected chi connectivity index (χ2v) is 6.37. The molecular formula is C18H19N5O2S. The number of nitrogen functional groups attached to an aromatic ring is 2. The molecule has 8 heteroatoms. The maximum atomic E-state index is 12.4. The Morgan fingerprint density at radius 1 is 1.35 bits per heavy atom. The van der Waals surface area contributed by atoms with E-state index in [4.69, 9.17) is 21.8 Å². The maximum Gasteiger partial charge on any atom is 0.267 e. The van der Waals surface area contributed by atoms with Crippen molar-refractivity contribution in [3.05, 3.63) is 46.3 Å². The first kappa shape index (κ1) is 19.2. The highest BCUT2D eigenvalue weighted by atomic mass is 32.1. The summed E-state index contributed by atoms with van der Waals surface area (Å²) in [5.74, 6) is -0.182. The monoisotopic (exact) mass is 369 g/mol. The normalized spacial score (nSPS) is 9.92. The van der Waals surface area contributed by atoms with Crippen LogP contribution in [0.3, 0.4) is 0 Å².